The second kappa shape index (κ2) is 12.6. The zero-order valence-electron chi connectivity index (χ0n) is 20.5. The number of unbranched alkanes of at least 4 members (excludes halogenated alkanes) is 3. The molecule has 0 aromatic heterocycles. The molecule has 0 amide bonds. The van der Waals surface area contributed by atoms with Crippen LogP contribution in [0, 0.1) is 0 Å². The first-order chi connectivity index (χ1) is 16.5. The maximum atomic E-state index is 10.9. The molecule has 188 valence electrons. The molecule has 3 N–H and O–H groups in total. The van der Waals surface area contributed by atoms with Crippen LogP contribution >= 0.6 is 0 Å². The zero-order valence-corrected chi connectivity index (χ0v) is 20.5. The Bertz CT molecular complexity index is 896. The van der Waals surface area contributed by atoms with Crippen molar-refractivity contribution < 1.29 is 34.3 Å². The maximum Gasteiger partial charge on any atom is 0.203 e. The molecule has 2 atom stereocenters. The van der Waals surface area contributed by atoms with E-state index in [-0.39, 0.29) is 17.9 Å². The molecule has 2 aromatic carbocycles. The molecule has 2 unspecified atom stereocenters. The van der Waals surface area contributed by atoms with Gasteiger partial charge in [0.25, 0.3) is 0 Å². The molecule has 2 aromatic rings. The molecule has 0 bridgehead atoms. The predicted molar refractivity (Wildman–Crippen MR) is 131 cm³/mol. The Hall–Kier alpha value is -2.80. The van der Waals surface area contributed by atoms with Crippen LogP contribution in [0.1, 0.15) is 76.5 Å². The topological polar surface area (TPSA) is 97.6 Å². The SMILES string of the molecule is CCCCOc1cc(C2Oc3cc(O)cc(O)c3CC2O)cc(OCCCC)c1OCCCC. The Kier molecular flexibility index (Phi) is 9.57. The van der Waals surface area contributed by atoms with Crippen molar-refractivity contribution in [1.82, 2.24) is 0 Å². The summed E-state index contributed by atoms with van der Waals surface area (Å²) in [7, 11) is 0. The number of ether oxygens (including phenoxy) is 4. The van der Waals surface area contributed by atoms with Crippen LogP contribution in [-0.4, -0.2) is 41.2 Å². The number of rotatable bonds is 13. The lowest BCUT2D eigenvalue weighted by Crippen LogP contribution is -2.30. The second-order valence-corrected chi connectivity index (χ2v) is 8.70. The molecular weight excluding hydrogens is 436 g/mol. The van der Waals surface area contributed by atoms with E-state index < -0.39 is 12.2 Å². The van der Waals surface area contributed by atoms with Gasteiger partial charge in [-0.15, -0.1) is 0 Å². The summed E-state index contributed by atoms with van der Waals surface area (Å²) in [5.74, 6) is 1.85. The van der Waals surface area contributed by atoms with Gasteiger partial charge in [-0.05, 0) is 31.4 Å². The van der Waals surface area contributed by atoms with Crippen molar-refractivity contribution in [1.29, 1.82) is 0 Å². The van der Waals surface area contributed by atoms with E-state index >= 15 is 0 Å². The van der Waals surface area contributed by atoms with E-state index in [9.17, 15) is 15.3 Å². The number of phenols is 2. The average molecular weight is 475 g/mol. The Morgan fingerprint density at radius 2 is 1.38 bits per heavy atom. The van der Waals surface area contributed by atoms with E-state index in [1.165, 1.54) is 12.1 Å². The van der Waals surface area contributed by atoms with Crippen LogP contribution in [-0.2, 0) is 6.42 Å². The van der Waals surface area contributed by atoms with E-state index in [1.807, 2.05) is 12.1 Å². The monoisotopic (exact) mass is 474 g/mol. The molecule has 0 spiro atoms. The smallest absolute Gasteiger partial charge is 0.203 e. The van der Waals surface area contributed by atoms with Gasteiger partial charge in [-0.3, -0.25) is 0 Å². The summed E-state index contributed by atoms with van der Waals surface area (Å²) in [5, 5.41) is 31.0. The molecule has 7 heteroatoms. The number of phenolic OH excluding ortho intramolecular Hbond substituents is 2. The largest absolute Gasteiger partial charge is 0.508 e. The van der Waals surface area contributed by atoms with Crippen molar-refractivity contribution >= 4 is 0 Å². The fourth-order valence-corrected chi connectivity index (χ4v) is 3.84. The van der Waals surface area contributed by atoms with Crippen LogP contribution in [0.15, 0.2) is 24.3 Å². The van der Waals surface area contributed by atoms with E-state index in [4.69, 9.17) is 18.9 Å². The minimum atomic E-state index is -0.901. The van der Waals surface area contributed by atoms with Gasteiger partial charge in [0, 0.05) is 29.7 Å². The summed E-state index contributed by atoms with van der Waals surface area (Å²) in [4.78, 5) is 0. The number of aliphatic hydroxyl groups is 1. The number of benzene rings is 2. The molecule has 1 aliphatic heterocycles. The third kappa shape index (κ3) is 6.41. The van der Waals surface area contributed by atoms with Crippen LogP contribution in [0.4, 0.5) is 0 Å². The summed E-state index contributed by atoms with van der Waals surface area (Å²) in [6, 6.07) is 6.38. The van der Waals surface area contributed by atoms with Crippen LogP contribution in [0.5, 0.6) is 34.5 Å². The summed E-state index contributed by atoms with van der Waals surface area (Å²) in [5.41, 5.74) is 1.15. The Balaban J connectivity index is 1.99. The van der Waals surface area contributed by atoms with Crippen LogP contribution in [0.25, 0.3) is 0 Å². The van der Waals surface area contributed by atoms with Crippen LogP contribution in [0.3, 0.4) is 0 Å². The lowest BCUT2D eigenvalue weighted by Gasteiger charge is -2.32. The summed E-state index contributed by atoms with van der Waals surface area (Å²) in [6.45, 7) is 7.95. The van der Waals surface area contributed by atoms with E-state index in [2.05, 4.69) is 20.8 Å². The lowest BCUT2D eigenvalue weighted by molar-refractivity contribution is 0.0195. The van der Waals surface area contributed by atoms with Crippen LogP contribution in [0.2, 0.25) is 0 Å². The highest BCUT2D eigenvalue weighted by Gasteiger charge is 2.33. The standard InChI is InChI=1S/C27H38O7/c1-4-7-10-31-24-13-18(14-25(32-11-8-5-2)27(24)33-12-9-6-3)26-22(30)17-20-21(29)15-19(28)16-23(20)34-26/h13-16,22,26,28-30H,4-12,17H2,1-3H3. The van der Waals surface area contributed by atoms with Gasteiger partial charge in [0.15, 0.2) is 17.6 Å². The van der Waals surface area contributed by atoms with Gasteiger partial charge in [0.2, 0.25) is 5.75 Å². The number of hydrogen-bond donors (Lipinski definition) is 3. The van der Waals surface area contributed by atoms with Gasteiger partial charge in [0.1, 0.15) is 17.2 Å². The summed E-state index contributed by atoms with van der Waals surface area (Å²) >= 11 is 0. The van der Waals surface area contributed by atoms with E-state index in [1.54, 1.807) is 0 Å². The molecule has 1 heterocycles. The quantitative estimate of drug-likeness (QED) is 0.322. The number of fused-ring (bicyclic) bond motifs is 1. The highest BCUT2D eigenvalue weighted by molar-refractivity contribution is 5.56. The van der Waals surface area contributed by atoms with Gasteiger partial charge < -0.3 is 34.3 Å². The van der Waals surface area contributed by atoms with Gasteiger partial charge in [-0.2, -0.15) is 0 Å². The highest BCUT2D eigenvalue weighted by Crippen LogP contribution is 2.46. The van der Waals surface area contributed by atoms with Crippen molar-refractivity contribution in [3.05, 3.63) is 35.4 Å². The molecule has 3 rings (SSSR count). The molecule has 0 saturated carbocycles. The van der Waals surface area contributed by atoms with Crippen molar-refractivity contribution in [2.24, 2.45) is 0 Å². The van der Waals surface area contributed by atoms with Gasteiger partial charge in [-0.25, -0.2) is 0 Å². The Labute approximate surface area is 202 Å². The predicted octanol–water partition coefficient (Wildman–Crippen LogP) is 5.67. The van der Waals surface area contributed by atoms with Crippen molar-refractivity contribution in [3.63, 3.8) is 0 Å². The number of hydrogen-bond acceptors (Lipinski definition) is 7. The molecule has 1 aliphatic rings. The molecule has 0 aliphatic carbocycles. The highest BCUT2D eigenvalue weighted by atomic mass is 16.5. The molecular formula is C27H38O7. The molecule has 7 nitrogen and oxygen atoms in total. The van der Waals surface area contributed by atoms with E-state index in [0.717, 1.165) is 38.5 Å². The number of aromatic hydroxyl groups is 2. The first-order valence-corrected chi connectivity index (χ1v) is 12.4. The fraction of sp³-hybridized carbons (Fsp3) is 0.556. The molecule has 0 radical (unpaired) electrons. The van der Waals surface area contributed by atoms with Gasteiger partial charge in [-0.1, -0.05) is 40.0 Å². The first-order valence-electron chi connectivity index (χ1n) is 12.4. The Morgan fingerprint density at radius 3 is 1.94 bits per heavy atom. The third-order valence-electron chi connectivity index (χ3n) is 5.81. The van der Waals surface area contributed by atoms with E-state index in [0.29, 0.717) is 53.9 Å². The third-order valence-corrected chi connectivity index (χ3v) is 5.81. The zero-order chi connectivity index (χ0) is 24.5. The van der Waals surface area contributed by atoms with Gasteiger partial charge >= 0.3 is 0 Å². The summed E-state index contributed by atoms with van der Waals surface area (Å²) < 4.78 is 24.4. The number of aliphatic hydroxyl groups excluding tert-OH is 1. The minimum absolute atomic E-state index is 0.0978. The van der Waals surface area contributed by atoms with Crippen molar-refractivity contribution in [2.45, 2.75) is 77.9 Å². The van der Waals surface area contributed by atoms with Crippen molar-refractivity contribution in [3.8, 4) is 34.5 Å². The van der Waals surface area contributed by atoms with Crippen molar-refractivity contribution in [2.75, 3.05) is 19.8 Å². The first kappa shape index (κ1) is 25.8. The average Bonchev–Trinajstić information content (AvgIpc) is 2.81. The molecule has 0 saturated heterocycles. The second-order valence-electron chi connectivity index (χ2n) is 8.70. The fourth-order valence-electron chi connectivity index (χ4n) is 3.84. The molecule has 0 fully saturated rings. The lowest BCUT2D eigenvalue weighted by atomic mass is 9.93. The minimum Gasteiger partial charge on any atom is -0.508 e. The van der Waals surface area contributed by atoms with Gasteiger partial charge in [0.05, 0.1) is 25.9 Å². The van der Waals surface area contributed by atoms with Crippen LogP contribution < -0.4 is 18.9 Å². The maximum absolute atomic E-state index is 10.9. The normalized spacial score (nSPS) is 17.1. The molecule has 34 heavy (non-hydrogen) atoms. The Morgan fingerprint density at radius 1 is 0.824 bits per heavy atom. The summed E-state index contributed by atoms with van der Waals surface area (Å²) in [6.07, 6.45) is 4.30.